The van der Waals surface area contributed by atoms with Crippen LogP contribution in [-0.4, -0.2) is 4.21 Å². The van der Waals surface area contributed by atoms with Crippen LogP contribution in [0.1, 0.15) is 44.5 Å². The van der Waals surface area contributed by atoms with Crippen LogP contribution in [-0.2, 0) is 21.3 Å². The number of hydrogen-bond donors (Lipinski definition) is 0. The van der Waals surface area contributed by atoms with Crippen LogP contribution in [0.25, 0.3) is 0 Å². The molecular formula is C20H26OS2. The summed E-state index contributed by atoms with van der Waals surface area (Å²) in [5.74, 6) is 1.45. The Morgan fingerprint density at radius 2 is 1.13 bits per heavy atom. The highest BCUT2D eigenvalue weighted by atomic mass is 33.1. The summed E-state index contributed by atoms with van der Waals surface area (Å²) in [5, 5.41) is 0. The van der Waals surface area contributed by atoms with Gasteiger partial charge in [-0.2, -0.15) is 0 Å². The van der Waals surface area contributed by atoms with E-state index >= 15 is 0 Å². The monoisotopic (exact) mass is 346 g/mol. The minimum atomic E-state index is -0.904. The zero-order valence-corrected chi connectivity index (χ0v) is 16.6. The maximum atomic E-state index is 12.5. The molecule has 0 amide bonds. The van der Waals surface area contributed by atoms with E-state index in [4.69, 9.17) is 0 Å². The Kier molecular flexibility index (Phi) is 6.10. The molecule has 2 aromatic carbocycles. The molecule has 3 heteroatoms. The maximum Gasteiger partial charge on any atom is 0.0852 e. The van der Waals surface area contributed by atoms with E-state index in [0.29, 0.717) is 5.75 Å². The van der Waals surface area contributed by atoms with Gasteiger partial charge < -0.3 is 0 Å². The SMILES string of the molecule is Cc1cc(C)c(CSS(=O)Cc2c(C)cc(C)cc2C)c(C)c1. The summed E-state index contributed by atoms with van der Waals surface area (Å²) in [4.78, 5) is 0. The third kappa shape index (κ3) is 4.71. The molecule has 1 unspecified atom stereocenters. The van der Waals surface area contributed by atoms with Gasteiger partial charge in [-0.05, 0) is 74.9 Å². The minimum absolute atomic E-state index is 0.632. The molecule has 0 fully saturated rings. The van der Waals surface area contributed by atoms with E-state index in [1.54, 1.807) is 10.8 Å². The van der Waals surface area contributed by atoms with Gasteiger partial charge in [0.15, 0.2) is 0 Å². The number of benzene rings is 2. The second kappa shape index (κ2) is 7.67. The molecule has 0 radical (unpaired) electrons. The molecule has 0 spiro atoms. The summed E-state index contributed by atoms with van der Waals surface area (Å²) in [6.07, 6.45) is 0. The fraction of sp³-hybridized carbons (Fsp3) is 0.400. The highest BCUT2D eigenvalue weighted by molar-refractivity contribution is 8.68. The lowest BCUT2D eigenvalue weighted by Crippen LogP contribution is -2.00. The lowest BCUT2D eigenvalue weighted by molar-refractivity contribution is 0.691. The summed E-state index contributed by atoms with van der Waals surface area (Å²) in [7, 11) is 0.648. The van der Waals surface area contributed by atoms with E-state index in [0.717, 1.165) is 5.75 Å². The van der Waals surface area contributed by atoms with E-state index in [1.807, 2.05) is 0 Å². The summed E-state index contributed by atoms with van der Waals surface area (Å²) in [5.41, 5.74) is 10.2. The molecule has 0 bridgehead atoms. The highest BCUT2D eigenvalue weighted by Gasteiger charge is 2.11. The first-order chi connectivity index (χ1) is 10.8. The van der Waals surface area contributed by atoms with Crippen molar-refractivity contribution >= 4 is 20.6 Å². The first-order valence-electron chi connectivity index (χ1n) is 7.93. The predicted octanol–water partition coefficient (Wildman–Crippen LogP) is 5.63. The van der Waals surface area contributed by atoms with E-state index in [2.05, 4.69) is 65.8 Å². The van der Waals surface area contributed by atoms with Crippen molar-refractivity contribution in [3.63, 3.8) is 0 Å². The van der Waals surface area contributed by atoms with E-state index in [9.17, 15) is 4.21 Å². The number of hydrogen-bond acceptors (Lipinski definition) is 2. The largest absolute Gasteiger partial charge is 0.248 e. The number of aryl methyl sites for hydroxylation is 6. The van der Waals surface area contributed by atoms with Crippen LogP contribution < -0.4 is 0 Å². The van der Waals surface area contributed by atoms with Crippen LogP contribution in [0, 0.1) is 41.5 Å². The Bertz CT molecular complexity index is 701. The summed E-state index contributed by atoms with van der Waals surface area (Å²) < 4.78 is 12.5. The minimum Gasteiger partial charge on any atom is -0.248 e. The molecule has 0 aliphatic heterocycles. The second-order valence-electron chi connectivity index (χ2n) is 6.46. The smallest absolute Gasteiger partial charge is 0.0852 e. The fourth-order valence-electron chi connectivity index (χ4n) is 3.16. The molecule has 23 heavy (non-hydrogen) atoms. The lowest BCUT2D eigenvalue weighted by Gasteiger charge is -2.13. The third-order valence-corrected chi connectivity index (χ3v) is 6.97. The van der Waals surface area contributed by atoms with Crippen LogP contribution in [0.15, 0.2) is 24.3 Å². The molecule has 0 aromatic heterocycles. The molecule has 0 aliphatic rings. The fourth-order valence-corrected chi connectivity index (χ4v) is 5.99. The molecule has 2 aromatic rings. The third-order valence-electron chi connectivity index (χ3n) is 4.28. The maximum absolute atomic E-state index is 12.5. The van der Waals surface area contributed by atoms with Crippen molar-refractivity contribution in [3.05, 3.63) is 68.8 Å². The zero-order chi connectivity index (χ0) is 17.1. The topological polar surface area (TPSA) is 17.1 Å². The first kappa shape index (κ1) is 18.3. The molecule has 1 atom stereocenters. The van der Waals surface area contributed by atoms with E-state index < -0.39 is 9.83 Å². The Labute approximate surface area is 146 Å². The van der Waals surface area contributed by atoms with Crippen molar-refractivity contribution in [3.8, 4) is 0 Å². The Hall–Kier alpha value is -1.06. The van der Waals surface area contributed by atoms with Gasteiger partial charge >= 0.3 is 0 Å². The van der Waals surface area contributed by atoms with Gasteiger partial charge in [-0.1, -0.05) is 46.2 Å². The molecule has 0 N–H and O–H groups in total. The molecule has 0 saturated carbocycles. The standard InChI is InChI=1S/C20H26OS2/c1-13-7-15(3)19(16(4)8-13)11-22-23(21)12-20-17(5)9-14(2)10-18(20)6/h7-10H,11-12H2,1-6H3. The predicted molar refractivity (Wildman–Crippen MR) is 104 cm³/mol. The van der Waals surface area contributed by atoms with Gasteiger partial charge in [-0.3, -0.25) is 0 Å². The van der Waals surface area contributed by atoms with Gasteiger partial charge in [0.05, 0.1) is 15.6 Å². The van der Waals surface area contributed by atoms with E-state index in [-0.39, 0.29) is 0 Å². The van der Waals surface area contributed by atoms with Crippen molar-refractivity contribution < 1.29 is 4.21 Å². The van der Waals surface area contributed by atoms with Crippen LogP contribution in [0.5, 0.6) is 0 Å². The molecular weight excluding hydrogens is 320 g/mol. The molecule has 0 saturated heterocycles. The molecule has 0 heterocycles. The van der Waals surface area contributed by atoms with E-state index in [1.165, 1.54) is 44.5 Å². The average Bonchev–Trinajstić information content (AvgIpc) is 2.41. The van der Waals surface area contributed by atoms with Crippen molar-refractivity contribution in [2.24, 2.45) is 0 Å². The summed E-state index contributed by atoms with van der Waals surface area (Å²) in [6, 6.07) is 8.77. The summed E-state index contributed by atoms with van der Waals surface area (Å²) in [6.45, 7) is 12.8. The van der Waals surface area contributed by atoms with Gasteiger partial charge in [0.25, 0.3) is 0 Å². The highest BCUT2D eigenvalue weighted by Crippen LogP contribution is 2.27. The molecule has 0 aliphatic carbocycles. The Morgan fingerprint density at radius 1 is 0.739 bits per heavy atom. The van der Waals surface area contributed by atoms with Crippen LogP contribution in [0.4, 0.5) is 0 Å². The van der Waals surface area contributed by atoms with Crippen molar-refractivity contribution in [2.45, 2.75) is 53.0 Å². The number of rotatable bonds is 5. The van der Waals surface area contributed by atoms with Gasteiger partial charge in [-0.15, -0.1) is 0 Å². The van der Waals surface area contributed by atoms with Gasteiger partial charge in [0, 0.05) is 5.75 Å². The van der Waals surface area contributed by atoms with Crippen LogP contribution in [0.2, 0.25) is 0 Å². The quantitative estimate of drug-likeness (QED) is 0.652. The molecule has 124 valence electrons. The molecule has 1 nitrogen and oxygen atoms in total. The van der Waals surface area contributed by atoms with Crippen LogP contribution >= 0.6 is 10.8 Å². The van der Waals surface area contributed by atoms with Gasteiger partial charge in [0.1, 0.15) is 0 Å². The molecule has 2 rings (SSSR count). The lowest BCUT2D eigenvalue weighted by atomic mass is 10.0. The van der Waals surface area contributed by atoms with Crippen molar-refractivity contribution in [1.82, 2.24) is 0 Å². The van der Waals surface area contributed by atoms with Crippen molar-refractivity contribution in [2.75, 3.05) is 0 Å². The van der Waals surface area contributed by atoms with Crippen molar-refractivity contribution in [1.29, 1.82) is 0 Å². The summed E-state index contributed by atoms with van der Waals surface area (Å²) >= 11 is 0. The van der Waals surface area contributed by atoms with Crippen LogP contribution in [0.3, 0.4) is 0 Å². The Balaban J connectivity index is 2.07. The van der Waals surface area contributed by atoms with Gasteiger partial charge in [-0.25, -0.2) is 4.21 Å². The zero-order valence-electron chi connectivity index (χ0n) is 14.9. The second-order valence-corrected chi connectivity index (χ2v) is 9.71. The normalized spacial score (nSPS) is 12.4. The van der Waals surface area contributed by atoms with Gasteiger partial charge in [0.2, 0.25) is 0 Å². The Morgan fingerprint density at radius 3 is 1.57 bits per heavy atom. The average molecular weight is 347 g/mol. The first-order valence-corrected chi connectivity index (χ1v) is 10.7.